The molecule has 0 spiro atoms. The summed E-state index contributed by atoms with van der Waals surface area (Å²) in [5.74, 6) is 1.49. The van der Waals surface area contributed by atoms with Gasteiger partial charge in [0.25, 0.3) is 0 Å². The van der Waals surface area contributed by atoms with Crippen molar-refractivity contribution in [3.63, 3.8) is 0 Å². The van der Waals surface area contributed by atoms with Gasteiger partial charge in [-0.05, 0) is 52.4 Å². The molecule has 0 unspecified atom stereocenters. The summed E-state index contributed by atoms with van der Waals surface area (Å²) in [6.07, 6.45) is 4.39. The molecule has 1 rings (SSSR count). The highest BCUT2D eigenvalue weighted by molar-refractivity contribution is 5.88. The summed E-state index contributed by atoms with van der Waals surface area (Å²) in [5, 5.41) is 8.46. The van der Waals surface area contributed by atoms with Crippen LogP contribution in [0.5, 0.6) is 0 Å². The van der Waals surface area contributed by atoms with Crippen molar-refractivity contribution in [2.24, 2.45) is 5.92 Å². The smallest absolute Gasteiger partial charge is 0.129 e. The maximum Gasteiger partial charge on any atom is 0.129 e. The molecule has 1 aliphatic carbocycles. The normalized spacial score (nSPS) is 29.1. The van der Waals surface area contributed by atoms with Crippen LogP contribution >= 0.6 is 0 Å². The third-order valence-electron chi connectivity index (χ3n) is 4.01. The maximum absolute atomic E-state index is 8.46. The minimum absolute atomic E-state index is 0.298. The Kier molecular flexibility index (Phi) is 5.44. The lowest BCUT2D eigenvalue weighted by Crippen LogP contribution is -2.52. The first-order valence-electron chi connectivity index (χ1n) is 7.07. The van der Waals surface area contributed by atoms with Crippen molar-refractivity contribution in [3.05, 3.63) is 0 Å². The molecule has 100 valence electrons. The number of ether oxygens (including phenoxy) is 1. The van der Waals surface area contributed by atoms with E-state index in [9.17, 15) is 0 Å². The number of hydrogen-bond donors (Lipinski definition) is 1. The summed E-state index contributed by atoms with van der Waals surface area (Å²) in [6.45, 7) is 11.1. The zero-order valence-corrected chi connectivity index (χ0v) is 11.9. The van der Waals surface area contributed by atoms with Gasteiger partial charge in [0.05, 0.1) is 0 Å². The molecule has 0 saturated heterocycles. The van der Waals surface area contributed by atoms with Gasteiger partial charge in [-0.25, -0.2) is 0 Å². The van der Waals surface area contributed by atoms with Crippen LogP contribution < -0.4 is 0 Å². The van der Waals surface area contributed by atoms with Crippen molar-refractivity contribution in [1.82, 2.24) is 4.90 Å². The Balaban J connectivity index is 2.80. The van der Waals surface area contributed by atoms with E-state index in [1.54, 1.807) is 0 Å². The molecular formula is C14H28N2O. The van der Waals surface area contributed by atoms with Crippen LogP contribution in [0, 0.1) is 11.3 Å². The second-order valence-corrected chi connectivity index (χ2v) is 5.13. The summed E-state index contributed by atoms with van der Waals surface area (Å²) in [4.78, 5) is 2.13. The van der Waals surface area contributed by atoms with E-state index in [4.69, 9.17) is 10.1 Å². The molecule has 1 N–H and O–H groups in total. The van der Waals surface area contributed by atoms with E-state index in [-0.39, 0.29) is 5.60 Å². The Morgan fingerprint density at radius 3 is 2.18 bits per heavy atom. The lowest BCUT2D eigenvalue weighted by molar-refractivity contribution is -0.0278. The predicted molar refractivity (Wildman–Crippen MR) is 72.6 cm³/mol. The molecule has 0 amide bonds. The van der Waals surface area contributed by atoms with Crippen LogP contribution in [0.2, 0.25) is 0 Å². The quantitative estimate of drug-likeness (QED) is 0.591. The van der Waals surface area contributed by atoms with E-state index in [1.165, 1.54) is 12.8 Å². The highest BCUT2D eigenvalue weighted by Gasteiger charge is 2.40. The molecule has 0 atom stereocenters. The molecule has 0 heterocycles. The standard InChI is InChI=1S/C14H28N2O/c1-5-16(6-2)13(15)14(17-7-3)10-8-12(4)9-11-14/h12,15H,5-11H2,1-4H3. The van der Waals surface area contributed by atoms with Crippen LogP contribution in [0.4, 0.5) is 0 Å². The second kappa shape index (κ2) is 6.39. The Hall–Kier alpha value is -0.570. The van der Waals surface area contributed by atoms with Crippen molar-refractivity contribution < 1.29 is 4.74 Å². The zero-order valence-electron chi connectivity index (χ0n) is 11.9. The van der Waals surface area contributed by atoms with Gasteiger partial charge < -0.3 is 9.64 Å². The van der Waals surface area contributed by atoms with Crippen LogP contribution in [-0.4, -0.2) is 36.0 Å². The van der Waals surface area contributed by atoms with Crippen LogP contribution in [-0.2, 0) is 4.74 Å². The number of hydrogen-bond acceptors (Lipinski definition) is 2. The van der Waals surface area contributed by atoms with E-state index in [1.807, 2.05) is 6.92 Å². The first kappa shape index (κ1) is 14.5. The third-order valence-corrected chi connectivity index (χ3v) is 4.01. The molecule has 0 bridgehead atoms. The first-order valence-corrected chi connectivity index (χ1v) is 7.07. The molecule has 0 aromatic rings. The topological polar surface area (TPSA) is 36.3 Å². The van der Waals surface area contributed by atoms with Crippen LogP contribution in [0.25, 0.3) is 0 Å². The molecule has 0 aromatic carbocycles. The maximum atomic E-state index is 8.46. The highest BCUT2D eigenvalue weighted by atomic mass is 16.5. The summed E-state index contributed by atoms with van der Waals surface area (Å²) in [5.41, 5.74) is -0.298. The van der Waals surface area contributed by atoms with Gasteiger partial charge in [-0.2, -0.15) is 0 Å². The Bertz CT molecular complexity index is 241. The first-order chi connectivity index (χ1) is 8.09. The zero-order chi connectivity index (χ0) is 12.9. The molecular weight excluding hydrogens is 212 g/mol. The average Bonchev–Trinajstić information content (AvgIpc) is 2.34. The van der Waals surface area contributed by atoms with E-state index >= 15 is 0 Å². The summed E-state index contributed by atoms with van der Waals surface area (Å²) in [7, 11) is 0. The molecule has 0 aliphatic heterocycles. The van der Waals surface area contributed by atoms with Gasteiger partial charge in [0.2, 0.25) is 0 Å². The molecule has 3 nitrogen and oxygen atoms in total. The lowest BCUT2D eigenvalue weighted by Gasteiger charge is -2.42. The summed E-state index contributed by atoms with van der Waals surface area (Å²) >= 11 is 0. The highest BCUT2D eigenvalue weighted by Crippen LogP contribution is 2.36. The van der Waals surface area contributed by atoms with Crippen LogP contribution in [0.1, 0.15) is 53.4 Å². The lowest BCUT2D eigenvalue weighted by atomic mass is 9.78. The Labute approximate surface area is 106 Å². The largest absolute Gasteiger partial charge is 0.367 e. The average molecular weight is 240 g/mol. The second-order valence-electron chi connectivity index (χ2n) is 5.13. The van der Waals surface area contributed by atoms with Gasteiger partial charge in [0.15, 0.2) is 0 Å². The third kappa shape index (κ3) is 3.21. The minimum atomic E-state index is -0.298. The molecule has 0 aromatic heterocycles. The summed E-state index contributed by atoms with van der Waals surface area (Å²) in [6, 6.07) is 0. The van der Waals surface area contributed by atoms with Gasteiger partial charge in [-0.15, -0.1) is 0 Å². The van der Waals surface area contributed by atoms with Crippen molar-refractivity contribution in [2.75, 3.05) is 19.7 Å². The van der Waals surface area contributed by atoms with Gasteiger partial charge in [-0.1, -0.05) is 6.92 Å². The van der Waals surface area contributed by atoms with E-state index in [2.05, 4.69) is 25.7 Å². The fourth-order valence-electron chi connectivity index (χ4n) is 2.78. The van der Waals surface area contributed by atoms with Gasteiger partial charge in [0, 0.05) is 19.7 Å². The predicted octanol–water partition coefficient (Wildman–Crippen LogP) is 3.29. The molecule has 17 heavy (non-hydrogen) atoms. The van der Waals surface area contributed by atoms with E-state index < -0.39 is 0 Å². The Morgan fingerprint density at radius 2 is 1.76 bits per heavy atom. The number of rotatable bonds is 5. The summed E-state index contributed by atoms with van der Waals surface area (Å²) < 4.78 is 6.00. The molecule has 1 fully saturated rings. The monoisotopic (exact) mass is 240 g/mol. The molecule has 3 heteroatoms. The van der Waals surface area contributed by atoms with Gasteiger partial charge >= 0.3 is 0 Å². The fraction of sp³-hybridized carbons (Fsp3) is 0.929. The Morgan fingerprint density at radius 1 is 1.24 bits per heavy atom. The van der Waals surface area contributed by atoms with Crippen molar-refractivity contribution in [3.8, 4) is 0 Å². The number of nitrogens with one attached hydrogen (secondary N) is 1. The number of nitrogens with zero attached hydrogens (tertiary/aromatic N) is 1. The number of amidine groups is 1. The van der Waals surface area contributed by atoms with Crippen molar-refractivity contribution in [2.45, 2.75) is 59.0 Å². The van der Waals surface area contributed by atoms with E-state index in [0.717, 1.165) is 31.8 Å². The fourth-order valence-corrected chi connectivity index (χ4v) is 2.78. The SMILES string of the molecule is CCOC1(C(=N)N(CC)CC)CCC(C)CC1. The van der Waals surface area contributed by atoms with Crippen molar-refractivity contribution in [1.29, 1.82) is 5.41 Å². The van der Waals surface area contributed by atoms with E-state index in [0.29, 0.717) is 12.4 Å². The number of likely N-dealkylation sites (N-methyl/N-ethyl adjacent to an activating group) is 1. The molecule has 0 radical (unpaired) electrons. The van der Waals surface area contributed by atoms with Crippen molar-refractivity contribution >= 4 is 5.84 Å². The van der Waals surface area contributed by atoms with Crippen LogP contribution in [0.3, 0.4) is 0 Å². The van der Waals surface area contributed by atoms with Gasteiger partial charge in [0.1, 0.15) is 11.4 Å². The molecule has 1 aliphatic rings. The van der Waals surface area contributed by atoms with Crippen LogP contribution in [0.15, 0.2) is 0 Å². The minimum Gasteiger partial charge on any atom is -0.367 e. The molecule has 1 saturated carbocycles. The van der Waals surface area contributed by atoms with Gasteiger partial charge in [-0.3, -0.25) is 5.41 Å².